The van der Waals surface area contributed by atoms with Crippen molar-refractivity contribution < 1.29 is 0 Å². The smallest absolute Gasteiger partial charge is 0.188 e. The lowest BCUT2D eigenvalue weighted by molar-refractivity contribution is 0.216. The van der Waals surface area contributed by atoms with Gasteiger partial charge in [0.15, 0.2) is 5.13 Å². The van der Waals surface area contributed by atoms with Gasteiger partial charge < -0.3 is 10.2 Å². The van der Waals surface area contributed by atoms with Crippen LogP contribution in [0, 0.1) is 6.92 Å². The number of nitrogens with one attached hydrogen (secondary N) is 1. The van der Waals surface area contributed by atoms with Crippen LogP contribution in [-0.2, 0) is 0 Å². The Morgan fingerprint density at radius 3 is 3.10 bits per heavy atom. The van der Waals surface area contributed by atoms with Crippen molar-refractivity contribution in [3.63, 3.8) is 0 Å². The van der Waals surface area contributed by atoms with Crippen LogP contribution in [0.3, 0.4) is 0 Å². The van der Waals surface area contributed by atoms with Gasteiger partial charge in [-0.25, -0.2) is 15.0 Å². The molecule has 0 amide bonds. The Bertz CT molecular complexity index is 584. The highest BCUT2D eigenvalue weighted by Crippen LogP contribution is 2.27. The summed E-state index contributed by atoms with van der Waals surface area (Å²) in [5.41, 5.74) is 1.15. The predicted molar refractivity (Wildman–Crippen MR) is 86.3 cm³/mol. The van der Waals surface area contributed by atoms with E-state index in [0.29, 0.717) is 5.92 Å². The summed E-state index contributed by atoms with van der Waals surface area (Å²) < 4.78 is 0. The molecule has 21 heavy (non-hydrogen) atoms. The summed E-state index contributed by atoms with van der Waals surface area (Å²) in [7, 11) is 0. The molecule has 0 aromatic carbocycles. The van der Waals surface area contributed by atoms with Gasteiger partial charge in [0.2, 0.25) is 0 Å². The second-order valence-electron chi connectivity index (χ2n) is 5.42. The maximum atomic E-state index is 4.66. The number of thiazole rings is 1. The molecular weight excluding hydrogens is 282 g/mol. The fourth-order valence-corrected chi connectivity index (χ4v) is 3.38. The van der Waals surface area contributed by atoms with Crippen LogP contribution in [0.15, 0.2) is 17.6 Å². The van der Waals surface area contributed by atoms with Crippen LogP contribution in [0.5, 0.6) is 0 Å². The second-order valence-corrected chi connectivity index (χ2v) is 6.31. The molecule has 3 heterocycles. The van der Waals surface area contributed by atoms with Gasteiger partial charge >= 0.3 is 0 Å². The minimum Gasteiger partial charge on any atom is -0.316 e. The molecule has 0 bridgehead atoms. The van der Waals surface area contributed by atoms with E-state index in [-0.39, 0.29) is 0 Å². The van der Waals surface area contributed by atoms with Crippen LogP contribution in [0.2, 0.25) is 0 Å². The summed E-state index contributed by atoms with van der Waals surface area (Å²) in [6, 6.07) is 2.08. The van der Waals surface area contributed by atoms with Gasteiger partial charge in [0, 0.05) is 30.1 Å². The van der Waals surface area contributed by atoms with Gasteiger partial charge in [-0.05, 0) is 32.9 Å². The first-order chi connectivity index (χ1) is 10.2. The summed E-state index contributed by atoms with van der Waals surface area (Å²) in [6.45, 7) is 7.61. The maximum Gasteiger partial charge on any atom is 0.188 e. The quantitative estimate of drug-likeness (QED) is 0.940. The Balaban J connectivity index is 1.80. The summed E-state index contributed by atoms with van der Waals surface area (Å²) in [5, 5.41) is 6.10. The minimum atomic E-state index is 0.511. The third-order valence-electron chi connectivity index (χ3n) is 3.90. The number of likely N-dealkylation sites (tertiary alicyclic amines) is 1. The first kappa shape index (κ1) is 14.4. The Kier molecular flexibility index (Phi) is 4.45. The van der Waals surface area contributed by atoms with Gasteiger partial charge in [-0.15, -0.1) is 11.3 Å². The van der Waals surface area contributed by atoms with E-state index in [1.54, 1.807) is 17.5 Å². The van der Waals surface area contributed by atoms with Crippen molar-refractivity contribution in [1.29, 1.82) is 0 Å². The van der Waals surface area contributed by atoms with Crippen LogP contribution in [0.4, 0.5) is 10.9 Å². The van der Waals surface area contributed by atoms with E-state index in [2.05, 4.69) is 38.2 Å². The molecule has 0 aliphatic carbocycles. The molecule has 2 aromatic rings. The molecule has 1 unspecified atom stereocenters. The van der Waals surface area contributed by atoms with Gasteiger partial charge in [-0.1, -0.05) is 6.92 Å². The molecule has 0 saturated carbocycles. The molecule has 5 nitrogen and oxygen atoms in total. The van der Waals surface area contributed by atoms with E-state index in [1.807, 2.05) is 12.3 Å². The zero-order valence-corrected chi connectivity index (χ0v) is 13.4. The Hall–Kier alpha value is -1.53. The second kappa shape index (κ2) is 6.49. The number of aromatic nitrogens is 3. The molecule has 3 rings (SSSR count). The number of hydrogen-bond donors (Lipinski definition) is 1. The molecule has 1 saturated heterocycles. The minimum absolute atomic E-state index is 0.511. The maximum absolute atomic E-state index is 4.66. The molecule has 2 aromatic heterocycles. The molecule has 1 aliphatic rings. The van der Waals surface area contributed by atoms with Crippen LogP contribution in [0.1, 0.15) is 37.2 Å². The van der Waals surface area contributed by atoms with Gasteiger partial charge in [0.25, 0.3) is 0 Å². The van der Waals surface area contributed by atoms with E-state index in [4.69, 9.17) is 0 Å². The first-order valence-corrected chi connectivity index (χ1v) is 8.37. The Labute approximate surface area is 129 Å². The van der Waals surface area contributed by atoms with Crippen molar-refractivity contribution in [2.45, 2.75) is 32.6 Å². The number of piperidine rings is 1. The Morgan fingerprint density at radius 1 is 1.43 bits per heavy atom. The van der Waals surface area contributed by atoms with Crippen LogP contribution in [-0.4, -0.2) is 39.5 Å². The van der Waals surface area contributed by atoms with Crippen molar-refractivity contribution in [2.24, 2.45) is 0 Å². The third kappa shape index (κ3) is 3.57. The lowest BCUT2D eigenvalue weighted by atomic mass is 9.94. The average molecular weight is 303 g/mol. The molecule has 112 valence electrons. The van der Waals surface area contributed by atoms with Crippen LogP contribution in [0.25, 0.3) is 0 Å². The normalized spacial score (nSPS) is 19.6. The predicted octanol–water partition coefficient (Wildman–Crippen LogP) is 3.18. The van der Waals surface area contributed by atoms with Crippen LogP contribution < -0.4 is 5.32 Å². The summed E-state index contributed by atoms with van der Waals surface area (Å²) in [4.78, 5) is 15.9. The fourth-order valence-electron chi connectivity index (χ4n) is 2.84. The number of hydrogen-bond acceptors (Lipinski definition) is 6. The van der Waals surface area contributed by atoms with Gasteiger partial charge in [-0.2, -0.15) is 0 Å². The molecular formula is C15H21N5S. The van der Waals surface area contributed by atoms with Gasteiger partial charge in [0.1, 0.15) is 11.6 Å². The molecule has 1 N–H and O–H groups in total. The number of anilines is 2. The van der Waals surface area contributed by atoms with Gasteiger partial charge in [0.05, 0.1) is 5.69 Å². The Morgan fingerprint density at radius 2 is 2.33 bits per heavy atom. The van der Waals surface area contributed by atoms with E-state index in [9.17, 15) is 0 Å². The van der Waals surface area contributed by atoms with E-state index < -0.39 is 0 Å². The lowest BCUT2D eigenvalue weighted by Crippen LogP contribution is -2.34. The average Bonchev–Trinajstić information content (AvgIpc) is 2.99. The highest BCUT2D eigenvalue weighted by Gasteiger charge is 2.22. The van der Waals surface area contributed by atoms with Crippen molar-refractivity contribution in [3.8, 4) is 0 Å². The molecule has 1 fully saturated rings. The third-order valence-corrected chi connectivity index (χ3v) is 4.58. The molecule has 0 radical (unpaired) electrons. The SMILES string of the molecule is CCN1CCCC(c2cc(Nc3nccs3)nc(C)n2)C1. The van der Waals surface area contributed by atoms with Crippen molar-refractivity contribution >= 4 is 22.3 Å². The summed E-state index contributed by atoms with van der Waals surface area (Å²) >= 11 is 1.58. The monoisotopic (exact) mass is 303 g/mol. The van der Waals surface area contributed by atoms with Gasteiger partial charge in [-0.3, -0.25) is 0 Å². The number of rotatable bonds is 4. The zero-order chi connectivity index (χ0) is 14.7. The largest absolute Gasteiger partial charge is 0.316 e. The molecule has 1 aliphatic heterocycles. The van der Waals surface area contributed by atoms with Crippen LogP contribution >= 0.6 is 11.3 Å². The number of nitrogens with zero attached hydrogens (tertiary/aromatic N) is 4. The highest BCUT2D eigenvalue weighted by atomic mass is 32.1. The van der Waals surface area contributed by atoms with E-state index in [1.165, 1.54) is 19.4 Å². The molecule has 0 spiro atoms. The highest BCUT2D eigenvalue weighted by molar-refractivity contribution is 7.13. The summed E-state index contributed by atoms with van der Waals surface area (Å²) in [5.74, 6) is 2.18. The molecule has 6 heteroatoms. The first-order valence-electron chi connectivity index (χ1n) is 7.49. The molecule has 1 atom stereocenters. The number of likely N-dealkylation sites (N-methyl/N-ethyl adjacent to an activating group) is 1. The van der Waals surface area contributed by atoms with Crippen molar-refractivity contribution in [1.82, 2.24) is 19.9 Å². The topological polar surface area (TPSA) is 53.9 Å². The van der Waals surface area contributed by atoms with E-state index >= 15 is 0 Å². The number of aryl methyl sites for hydroxylation is 1. The van der Waals surface area contributed by atoms with E-state index in [0.717, 1.165) is 35.6 Å². The van der Waals surface area contributed by atoms with Crippen molar-refractivity contribution in [2.75, 3.05) is 25.0 Å². The fraction of sp³-hybridized carbons (Fsp3) is 0.533. The zero-order valence-electron chi connectivity index (χ0n) is 12.5. The summed E-state index contributed by atoms with van der Waals surface area (Å²) in [6.07, 6.45) is 4.25. The van der Waals surface area contributed by atoms with Crippen molar-refractivity contribution in [3.05, 3.63) is 29.2 Å². The standard InChI is InChI=1S/C15H21N5S/c1-3-20-7-4-5-12(10-20)13-9-14(18-11(2)17-13)19-15-16-6-8-21-15/h6,8-9,12H,3-5,7,10H2,1-2H3,(H,16,17,18,19). The lowest BCUT2D eigenvalue weighted by Gasteiger charge is -2.31.